The summed E-state index contributed by atoms with van der Waals surface area (Å²) in [7, 11) is 5.35. The Balaban J connectivity index is 1.36. The van der Waals surface area contributed by atoms with E-state index >= 15 is 0 Å². The zero-order valence-electron chi connectivity index (χ0n) is 25.3. The molecule has 1 atom stereocenters. The van der Waals surface area contributed by atoms with Crippen LogP contribution in [0, 0.1) is 5.82 Å². The Bertz CT molecular complexity index is 1360. The van der Waals surface area contributed by atoms with Gasteiger partial charge >= 0.3 is 0 Å². The van der Waals surface area contributed by atoms with Gasteiger partial charge in [-0.2, -0.15) is 0 Å². The first-order valence-corrected chi connectivity index (χ1v) is 15.0. The smallest absolute Gasteiger partial charge is 0.255 e. The van der Waals surface area contributed by atoms with Gasteiger partial charge < -0.3 is 29.1 Å². The maximum absolute atomic E-state index is 14.0. The number of amides is 1. The minimum atomic E-state index is -0.221. The number of hydrogen-bond donors (Lipinski definition) is 0. The average Bonchev–Trinajstić information content (AvgIpc) is 3.36. The summed E-state index contributed by atoms with van der Waals surface area (Å²) in [6, 6.07) is 18.7. The van der Waals surface area contributed by atoms with Crippen molar-refractivity contribution >= 4 is 11.6 Å². The molecule has 3 aromatic rings. The number of piperazine rings is 1. The van der Waals surface area contributed by atoms with Crippen molar-refractivity contribution in [1.82, 2.24) is 14.7 Å². The Labute approximate surface area is 249 Å². The van der Waals surface area contributed by atoms with Crippen LogP contribution in [0.1, 0.15) is 52.9 Å². The minimum absolute atomic E-state index is 0.0819. The summed E-state index contributed by atoms with van der Waals surface area (Å²) in [5, 5.41) is 0. The maximum Gasteiger partial charge on any atom is 0.255 e. The van der Waals surface area contributed by atoms with Crippen LogP contribution in [-0.2, 0) is 13.1 Å². The zero-order chi connectivity index (χ0) is 29.6. The summed E-state index contributed by atoms with van der Waals surface area (Å²) in [6.07, 6.45) is 1.69. The second-order valence-electron chi connectivity index (χ2n) is 11.3. The molecule has 7 nitrogen and oxygen atoms in total. The highest BCUT2D eigenvalue weighted by atomic mass is 19.1. The Kier molecular flexibility index (Phi) is 9.65. The number of methoxy groups -OCH3 is 2. The number of nitrogens with zero attached hydrogens (tertiary/aromatic N) is 4. The van der Waals surface area contributed by atoms with Crippen LogP contribution < -0.4 is 14.4 Å². The van der Waals surface area contributed by atoms with E-state index in [4.69, 9.17) is 9.47 Å². The lowest BCUT2D eigenvalue weighted by Crippen LogP contribution is -2.46. The van der Waals surface area contributed by atoms with E-state index in [1.54, 1.807) is 14.2 Å². The lowest BCUT2D eigenvalue weighted by Gasteiger charge is -2.36. The van der Waals surface area contributed by atoms with Crippen molar-refractivity contribution < 1.29 is 18.7 Å². The lowest BCUT2D eigenvalue weighted by molar-refractivity contribution is 0.0686. The first-order valence-electron chi connectivity index (χ1n) is 15.0. The minimum Gasteiger partial charge on any atom is -0.493 e. The number of likely N-dealkylation sites (N-methyl/N-ethyl adjacent to an activating group) is 1. The van der Waals surface area contributed by atoms with E-state index in [0.717, 1.165) is 80.9 Å². The topological polar surface area (TPSA) is 48.5 Å². The lowest BCUT2D eigenvalue weighted by atomic mass is 9.99. The van der Waals surface area contributed by atoms with Crippen LogP contribution in [0.4, 0.5) is 10.1 Å². The molecule has 0 radical (unpaired) electrons. The Hall–Kier alpha value is -3.62. The van der Waals surface area contributed by atoms with E-state index in [1.165, 1.54) is 17.8 Å². The van der Waals surface area contributed by atoms with Crippen LogP contribution in [0.5, 0.6) is 11.5 Å². The van der Waals surface area contributed by atoms with Gasteiger partial charge in [-0.05, 0) is 80.5 Å². The van der Waals surface area contributed by atoms with Crippen molar-refractivity contribution in [3.63, 3.8) is 0 Å². The molecule has 0 aromatic heterocycles. The summed E-state index contributed by atoms with van der Waals surface area (Å²) in [4.78, 5) is 23.2. The predicted octanol–water partition coefficient (Wildman–Crippen LogP) is 5.59. The summed E-state index contributed by atoms with van der Waals surface area (Å²) in [5.41, 5.74) is 5.24. The van der Waals surface area contributed by atoms with Crippen LogP contribution in [0.3, 0.4) is 0 Å². The molecule has 0 N–H and O–H groups in total. The van der Waals surface area contributed by atoms with Crippen molar-refractivity contribution in [3.8, 4) is 11.5 Å². The largest absolute Gasteiger partial charge is 0.493 e. The Morgan fingerprint density at radius 3 is 2.38 bits per heavy atom. The van der Waals surface area contributed by atoms with Crippen LogP contribution in [0.15, 0.2) is 60.7 Å². The second-order valence-corrected chi connectivity index (χ2v) is 11.3. The molecule has 1 saturated heterocycles. The maximum atomic E-state index is 14.0. The molecule has 0 spiro atoms. The molecule has 0 bridgehead atoms. The van der Waals surface area contributed by atoms with Gasteiger partial charge in [-0.3, -0.25) is 4.79 Å². The summed E-state index contributed by atoms with van der Waals surface area (Å²) in [5.74, 6) is 1.19. The number of benzene rings is 3. The molecule has 224 valence electrons. The van der Waals surface area contributed by atoms with Gasteiger partial charge in [0.15, 0.2) is 11.5 Å². The highest BCUT2D eigenvalue weighted by Crippen LogP contribution is 2.40. The third-order valence-corrected chi connectivity index (χ3v) is 8.68. The molecule has 0 aliphatic carbocycles. The van der Waals surface area contributed by atoms with Crippen LogP contribution >= 0.6 is 0 Å². The summed E-state index contributed by atoms with van der Waals surface area (Å²) < 4.78 is 24.5. The summed E-state index contributed by atoms with van der Waals surface area (Å²) >= 11 is 0. The van der Waals surface area contributed by atoms with Gasteiger partial charge in [0.2, 0.25) is 0 Å². The molecule has 42 heavy (non-hydrogen) atoms. The average molecular weight is 575 g/mol. The third kappa shape index (κ3) is 6.55. The number of hydrogen-bond acceptors (Lipinski definition) is 6. The van der Waals surface area contributed by atoms with Crippen LogP contribution in [0.25, 0.3) is 0 Å². The second kappa shape index (κ2) is 13.6. The van der Waals surface area contributed by atoms with Gasteiger partial charge in [0, 0.05) is 56.1 Å². The molecule has 1 amide bonds. The first kappa shape index (κ1) is 29.9. The van der Waals surface area contributed by atoms with Gasteiger partial charge in [-0.25, -0.2) is 4.39 Å². The molecule has 1 fully saturated rings. The number of carbonyl (C=O) groups excluding carboxylic acids is 1. The van der Waals surface area contributed by atoms with E-state index in [9.17, 15) is 9.18 Å². The zero-order valence-corrected chi connectivity index (χ0v) is 25.3. The SMILES string of the molecule is CCN1CCN(c2cccc3c2CN([C@H](CCCN(C)Cc2ccc(F)cc2)c2ccc(OC)c(OC)c2)C3=O)CC1. The number of ether oxygens (including phenoxy) is 2. The Morgan fingerprint density at radius 1 is 0.952 bits per heavy atom. The molecular formula is C34H43FN4O3. The van der Waals surface area contributed by atoms with Crippen molar-refractivity contribution in [2.75, 3.05) is 65.4 Å². The van der Waals surface area contributed by atoms with Crippen molar-refractivity contribution in [2.45, 2.75) is 38.9 Å². The van der Waals surface area contributed by atoms with Gasteiger partial charge in [0.05, 0.1) is 20.3 Å². The van der Waals surface area contributed by atoms with E-state index in [1.807, 2.05) is 41.3 Å². The monoisotopic (exact) mass is 574 g/mol. The quantitative estimate of drug-likeness (QED) is 0.281. The third-order valence-electron chi connectivity index (χ3n) is 8.68. The molecule has 8 heteroatoms. The van der Waals surface area contributed by atoms with E-state index in [-0.39, 0.29) is 17.8 Å². The molecule has 5 rings (SSSR count). The molecular weight excluding hydrogens is 531 g/mol. The molecule has 2 heterocycles. The molecule has 2 aliphatic rings. The fraction of sp³-hybridized carbons (Fsp3) is 0.441. The first-order chi connectivity index (χ1) is 20.4. The molecule has 0 saturated carbocycles. The number of fused-ring (bicyclic) bond motifs is 1. The predicted molar refractivity (Wildman–Crippen MR) is 165 cm³/mol. The van der Waals surface area contributed by atoms with Gasteiger partial charge in [-0.15, -0.1) is 0 Å². The van der Waals surface area contributed by atoms with Crippen molar-refractivity contribution in [3.05, 3.63) is 88.7 Å². The molecule has 3 aromatic carbocycles. The highest BCUT2D eigenvalue weighted by molar-refractivity contribution is 6.00. The fourth-order valence-electron chi connectivity index (χ4n) is 6.29. The van der Waals surface area contributed by atoms with E-state index in [2.05, 4.69) is 40.8 Å². The number of rotatable bonds is 12. The van der Waals surface area contributed by atoms with Crippen LogP contribution in [0.2, 0.25) is 0 Å². The van der Waals surface area contributed by atoms with Gasteiger partial charge in [0.1, 0.15) is 5.82 Å². The van der Waals surface area contributed by atoms with E-state index < -0.39 is 0 Å². The fourth-order valence-corrected chi connectivity index (χ4v) is 6.29. The normalized spacial score (nSPS) is 16.2. The van der Waals surface area contributed by atoms with Crippen molar-refractivity contribution in [2.24, 2.45) is 0 Å². The molecule has 0 unspecified atom stereocenters. The number of carbonyl (C=O) groups is 1. The van der Waals surface area contributed by atoms with Crippen molar-refractivity contribution in [1.29, 1.82) is 0 Å². The Morgan fingerprint density at radius 2 is 1.69 bits per heavy atom. The van der Waals surface area contributed by atoms with E-state index in [0.29, 0.717) is 18.0 Å². The highest BCUT2D eigenvalue weighted by Gasteiger charge is 2.36. The van der Waals surface area contributed by atoms with Crippen LogP contribution in [-0.4, -0.2) is 81.1 Å². The standard InChI is InChI=1S/C34H43FN4O3/c1-5-37-18-20-38(21-19-37)31-9-6-8-28-29(31)24-39(34(28)40)30(26-13-16-32(41-3)33(22-26)42-4)10-7-17-36(2)23-25-11-14-27(35)15-12-25/h6,8-9,11-16,22,30H,5,7,10,17-21,23-24H2,1-4H3/t30-/m1/s1. The van der Waals surface area contributed by atoms with Gasteiger partial charge in [-0.1, -0.05) is 31.2 Å². The summed E-state index contributed by atoms with van der Waals surface area (Å²) in [6.45, 7) is 9.47. The number of anilines is 1. The van der Waals surface area contributed by atoms with Gasteiger partial charge in [0.25, 0.3) is 5.91 Å². The number of halogens is 1. The molecule has 2 aliphatic heterocycles.